The van der Waals surface area contributed by atoms with Crippen LogP contribution in [0.2, 0.25) is 0 Å². The van der Waals surface area contributed by atoms with Gasteiger partial charge in [-0.3, -0.25) is 29.8 Å². The van der Waals surface area contributed by atoms with Gasteiger partial charge in [-0.25, -0.2) is 4.98 Å². The molecule has 0 radical (unpaired) electrons. The molecule has 32 heavy (non-hydrogen) atoms. The van der Waals surface area contributed by atoms with Crippen LogP contribution in [0.25, 0.3) is 12.2 Å². The number of rotatable bonds is 8. The second-order valence-electron chi connectivity index (χ2n) is 6.50. The van der Waals surface area contributed by atoms with E-state index in [1.54, 1.807) is 0 Å². The topological polar surface area (TPSA) is 133 Å². The highest BCUT2D eigenvalue weighted by atomic mass is 16.6. The van der Waals surface area contributed by atoms with Gasteiger partial charge in [0.1, 0.15) is 11.4 Å². The second-order valence-corrected chi connectivity index (χ2v) is 6.50. The van der Waals surface area contributed by atoms with Crippen LogP contribution in [0.5, 0.6) is 0 Å². The maximum absolute atomic E-state index is 12.4. The molecule has 158 valence electrons. The number of hydrogen-bond donors (Lipinski definition) is 0. The number of allylic oxidation sites excluding steroid dienone is 2. The monoisotopic (exact) mass is 429 g/mol. The molecule has 0 atom stereocenters. The molecule has 0 unspecified atom stereocenters. The first-order valence-corrected chi connectivity index (χ1v) is 9.24. The molecule has 0 saturated heterocycles. The third-order valence-corrected chi connectivity index (χ3v) is 4.32. The molecule has 0 amide bonds. The first-order valence-electron chi connectivity index (χ1n) is 9.24. The van der Waals surface area contributed by atoms with E-state index in [4.69, 9.17) is 0 Å². The molecule has 0 aliphatic rings. The van der Waals surface area contributed by atoms with Gasteiger partial charge in [0.2, 0.25) is 11.6 Å². The first-order chi connectivity index (χ1) is 15.3. The third-order valence-electron chi connectivity index (χ3n) is 4.32. The van der Waals surface area contributed by atoms with E-state index in [-0.39, 0.29) is 22.8 Å². The van der Waals surface area contributed by atoms with Gasteiger partial charge in [0.25, 0.3) is 11.4 Å². The molecule has 0 saturated carbocycles. The number of hydrogen-bond acceptors (Lipinski definition) is 7. The molecule has 1 heterocycles. The summed E-state index contributed by atoms with van der Waals surface area (Å²) >= 11 is 0. The lowest BCUT2D eigenvalue weighted by Gasteiger charge is -1.99. The molecular weight excluding hydrogens is 414 g/mol. The van der Waals surface area contributed by atoms with E-state index < -0.39 is 21.4 Å². The van der Waals surface area contributed by atoms with Crippen molar-refractivity contribution >= 4 is 35.1 Å². The Morgan fingerprint density at radius 1 is 0.656 bits per heavy atom. The Labute approximate surface area is 181 Å². The Bertz CT molecular complexity index is 1150. The fourth-order valence-electron chi connectivity index (χ4n) is 2.64. The zero-order valence-corrected chi connectivity index (χ0v) is 16.5. The number of nitro benzene ring substituents is 2. The Morgan fingerprint density at radius 3 is 1.38 bits per heavy atom. The van der Waals surface area contributed by atoms with Crippen LogP contribution in [0, 0.1) is 20.2 Å². The Hall–Kier alpha value is -4.79. The van der Waals surface area contributed by atoms with Crippen LogP contribution in [0.15, 0.2) is 78.9 Å². The van der Waals surface area contributed by atoms with Gasteiger partial charge in [-0.1, -0.05) is 18.2 Å². The highest BCUT2D eigenvalue weighted by Gasteiger charge is 2.10. The zero-order valence-electron chi connectivity index (χ0n) is 16.5. The Kier molecular flexibility index (Phi) is 6.72. The van der Waals surface area contributed by atoms with E-state index >= 15 is 0 Å². The van der Waals surface area contributed by atoms with Crippen molar-refractivity contribution in [2.24, 2.45) is 0 Å². The summed E-state index contributed by atoms with van der Waals surface area (Å²) in [7, 11) is 0. The van der Waals surface area contributed by atoms with Gasteiger partial charge in [-0.2, -0.15) is 0 Å². The summed E-state index contributed by atoms with van der Waals surface area (Å²) in [4.78, 5) is 49.2. The number of nitrogens with zero attached hydrogens (tertiary/aromatic N) is 3. The minimum Gasteiger partial charge on any atom is -0.288 e. The van der Waals surface area contributed by atoms with Crippen molar-refractivity contribution in [3.05, 3.63) is 122 Å². The summed E-state index contributed by atoms with van der Waals surface area (Å²) in [6.45, 7) is 0. The number of ketones is 2. The summed E-state index contributed by atoms with van der Waals surface area (Å²) in [6, 6.07) is 15.9. The van der Waals surface area contributed by atoms with E-state index in [1.807, 2.05) is 0 Å². The molecule has 0 fully saturated rings. The maximum Gasteiger partial charge on any atom is 0.269 e. The lowest BCUT2D eigenvalue weighted by Crippen LogP contribution is -2.05. The summed E-state index contributed by atoms with van der Waals surface area (Å²) in [5, 5.41) is 21.4. The number of carbonyl (C=O) groups is 2. The first kappa shape index (κ1) is 21.9. The molecule has 0 N–H and O–H groups in total. The highest BCUT2D eigenvalue weighted by Crippen LogP contribution is 2.15. The van der Waals surface area contributed by atoms with Crippen LogP contribution >= 0.6 is 0 Å². The van der Waals surface area contributed by atoms with Crippen molar-refractivity contribution in [3.63, 3.8) is 0 Å². The van der Waals surface area contributed by atoms with Crippen molar-refractivity contribution in [1.82, 2.24) is 4.98 Å². The number of carbonyl (C=O) groups excluding carboxylic acids is 2. The molecule has 0 spiro atoms. The number of benzene rings is 2. The van der Waals surface area contributed by atoms with Crippen molar-refractivity contribution in [1.29, 1.82) is 0 Å². The molecule has 9 heteroatoms. The number of aromatic nitrogens is 1. The molecule has 0 aliphatic carbocycles. The second kappa shape index (κ2) is 9.81. The molecule has 3 rings (SSSR count). The third kappa shape index (κ3) is 5.63. The normalized spacial score (nSPS) is 11.0. The molecule has 0 aliphatic heterocycles. The quantitative estimate of drug-likeness (QED) is 0.219. The summed E-state index contributed by atoms with van der Waals surface area (Å²) < 4.78 is 0. The Morgan fingerprint density at radius 2 is 1.03 bits per heavy atom. The standard InChI is InChI=1S/C23H15N3O6/c27-22(14-8-16-4-10-18(11-5-16)25(29)30)20-2-1-3-21(24-20)23(28)15-9-17-6-12-19(13-7-17)26(31)32/h1-15H/b14-8+,15-9+. The predicted molar refractivity (Wildman–Crippen MR) is 117 cm³/mol. The van der Waals surface area contributed by atoms with Crippen LogP contribution in [0.3, 0.4) is 0 Å². The average molecular weight is 429 g/mol. The van der Waals surface area contributed by atoms with Crippen LogP contribution in [0.1, 0.15) is 32.1 Å². The smallest absolute Gasteiger partial charge is 0.269 e. The van der Waals surface area contributed by atoms with E-state index in [1.165, 1.54) is 91.0 Å². The lowest BCUT2D eigenvalue weighted by molar-refractivity contribution is -0.385. The van der Waals surface area contributed by atoms with E-state index in [0.29, 0.717) is 11.1 Å². The lowest BCUT2D eigenvalue weighted by atomic mass is 10.1. The molecule has 9 nitrogen and oxygen atoms in total. The predicted octanol–water partition coefficient (Wildman–Crippen LogP) is 4.69. The van der Waals surface area contributed by atoms with Crippen LogP contribution in [0.4, 0.5) is 11.4 Å². The van der Waals surface area contributed by atoms with Crippen molar-refractivity contribution in [2.75, 3.05) is 0 Å². The van der Waals surface area contributed by atoms with Gasteiger partial charge in [-0.15, -0.1) is 0 Å². The van der Waals surface area contributed by atoms with Gasteiger partial charge < -0.3 is 0 Å². The number of nitro groups is 2. The van der Waals surface area contributed by atoms with Crippen molar-refractivity contribution in [2.45, 2.75) is 0 Å². The molecule has 2 aromatic carbocycles. The van der Waals surface area contributed by atoms with Gasteiger partial charge in [0.05, 0.1) is 9.85 Å². The molecule has 0 bridgehead atoms. The molecular formula is C23H15N3O6. The minimum atomic E-state index is -0.513. The number of pyridine rings is 1. The average Bonchev–Trinajstić information content (AvgIpc) is 2.81. The fraction of sp³-hybridized carbons (Fsp3) is 0. The summed E-state index contributed by atoms with van der Waals surface area (Å²) in [6.07, 6.45) is 5.53. The summed E-state index contributed by atoms with van der Waals surface area (Å²) in [5.74, 6) is -0.866. The SMILES string of the molecule is O=C(/C=C/c1ccc([N+](=O)[O-])cc1)c1cccc(C(=O)/C=C/c2ccc([N+](=O)[O-])cc2)n1. The molecule has 1 aromatic heterocycles. The van der Waals surface area contributed by atoms with Crippen molar-refractivity contribution < 1.29 is 19.4 Å². The molecule has 3 aromatic rings. The number of non-ortho nitro benzene ring substituents is 2. The van der Waals surface area contributed by atoms with E-state index in [2.05, 4.69) is 4.98 Å². The van der Waals surface area contributed by atoms with E-state index in [0.717, 1.165) is 0 Å². The van der Waals surface area contributed by atoms with Gasteiger partial charge >= 0.3 is 0 Å². The van der Waals surface area contributed by atoms with Crippen LogP contribution < -0.4 is 0 Å². The van der Waals surface area contributed by atoms with Crippen LogP contribution in [-0.4, -0.2) is 26.4 Å². The van der Waals surface area contributed by atoms with Gasteiger partial charge in [0.15, 0.2) is 0 Å². The van der Waals surface area contributed by atoms with Gasteiger partial charge in [-0.05, 0) is 59.7 Å². The largest absolute Gasteiger partial charge is 0.288 e. The zero-order chi connectivity index (χ0) is 23.1. The van der Waals surface area contributed by atoms with Crippen LogP contribution in [-0.2, 0) is 0 Å². The Balaban J connectivity index is 1.69. The highest BCUT2D eigenvalue weighted by molar-refractivity contribution is 6.08. The van der Waals surface area contributed by atoms with Gasteiger partial charge in [0, 0.05) is 24.3 Å². The summed E-state index contributed by atoms with van der Waals surface area (Å²) in [5.41, 5.74) is 1.23. The van der Waals surface area contributed by atoms with E-state index in [9.17, 15) is 29.8 Å². The van der Waals surface area contributed by atoms with Crippen molar-refractivity contribution in [3.8, 4) is 0 Å². The minimum absolute atomic E-state index is 0.0527. The fourth-order valence-corrected chi connectivity index (χ4v) is 2.64. The maximum atomic E-state index is 12.4.